The number of benzene rings is 1. The SMILES string of the molecule is CCCc1ccc(CC)c2c1[CH]C=C2. The minimum absolute atomic E-state index is 1.13. The van der Waals surface area contributed by atoms with Gasteiger partial charge in [-0.2, -0.15) is 0 Å². The number of fused-ring (bicyclic) bond motifs is 1. The average molecular weight is 185 g/mol. The molecule has 0 fully saturated rings. The van der Waals surface area contributed by atoms with E-state index in [-0.39, 0.29) is 0 Å². The van der Waals surface area contributed by atoms with Gasteiger partial charge in [-0.1, -0.05) is 44.6 Å². The van der Waals surface area contributed by atoms with Crippen LogP contribution in [0.1, 0.15) is 42.5 Å². The van der Waals surface area contributed by atoms with Crippen LogP contribution in [0.4, 0.5) is 0 Å². The van der Waals surface area contributed by atoms with Crippen molar-refractivity contribution in [3.63, 3.8) is 0 Å². The van der Waals surface area contributed by atoms with Gasteiger partial charge in [0.25, 0.3) is 0 Å². The van der Waals surface area contributed by atoms with Crippen LogP contribution in [0, 0.1) is 6.42 Å². The zero-order valence-electron chi connectivity index (χ0n) is 9.01. The summed E-state index contributed by atoms with van der Waals surface area (Å²) in [5, 5.41) is 0. The van der Waals surface area contributed by atoms with E-state index >= 15 is 0 Å². The lowest BCUT2D eigenvalue weighted by molar-refractivity contribution is 0.913. The molecule has 0 saturated heterocycles. The Labute approximate surface area is 86.7 Å². The van der Waals surface area contributed by atoms with Crippen LogP contribution in [0.2, 0.25) is 0 Å². The van der Waals surface area contributed by atoms with Crippen molar-refractivity contribution in [3.8, 4) is 0 Å². The molecule has 0 unspecified atom stereocenters. The molecule has 0 N–H and O–H groups in total. The Kier molecular flexibility index (Phi) is 2.72. The van der Waals surface area contributed by atoms with Crippen LogP contribution in [-0.4, -0.2) is 0 Å². The van der Waals surface area contributed by atoms with Gasteiger partial charge in [0.15, 0.2) is 0 Å². The Morgan fingerprint density at radius 1 is 1.00 bits per heavy atom. The number of aryl methyl sites for hydroxylation is 2. The van der Waals surface area contributed by atoms with E-state index in [1.165, 1.54) is 35.1 Å². The zero-order chi connectivity index (χ0) is 9.97. The minimum Gasteiger partial charge on any atom is -0.0754 e. The molecule has 14 heavy (non-hydrogen) atoms. The van der Waals surface area contributed by atoms with Crippen LogP contribution < -0.4 is 0 Å². The Morgan fingerprint density at radius 3 is 2.50 bits per heavy atom. The van der Waals surface area contributed by atoms with Gasteiger partial charge in [-0.05, 0) is 35.1 Å². The van der Waals surface area contributed by atoms with E-state index in [2.05, 4.69) is 44.6 Å². The van der Waals surface area contributed by atoms with Crippen molar-refractivity contribution in [2.75, 3.05) is 0 Å². The summed E-state index contributed by atoms with van der Waals surface area (Å²) >= 11 is 0. The van der Waals surface area contributed by atoms with Gasteiger partial charge in [-0.3, -0.25) is 0 Å². The van der Waals surface area contributed by atoms with Crippen molar-refractivity contribution in [2.45, 2.75) is 33.1 Å². The summed E-state index contributed by atoms with van der Waals surface area (Å²) in [5.41, 5.74) is 5.90. The van der Waals surface area contributed by atoms with Crippen molar-refractivity contribution in [2.24, 2.45) is 0 Å². The second-order valence-electron chi connectivity index (χ2n) is 3.84. The van der Waals surface area contributed by atoms with Gasteiger partial charge in [0.2, 0.25) is 0 Å². The first-order valence-corrected chi connectivity index (χ1v) is 5.53. The molecule has 1 aliphatic rings. The van der Waals surface area contributed by atoms with E-state index in [1.54, 1.807) is 0 Å². The molecule has 1 aliphatic carbocycles. The van der Waals surface area contributed by atoms with Gasteiger partial charge in [-0.15, -0.1) is 0 Å². The molecule has 0 aromatic heterocycles. The Morgan fingerprint density at radius 2 is 1.79 bits per heavy atom. The molecule has 2 rings (SSSR count). The monoisotopic (exact) mass is 185 g/mol. The van der Waals surface area contributed by atoms with E-state index in [4.69, 9.17) is 0 Å². The highest BCUT2D eigenvalue weighted by Crippen LogP contribution is 2.29. The van der Waals surface area contributed by atoms with Gasteiger partial charge in [0, 0.05) is 6.42 Å². The van der Waals surface area contributed by atoms with Crippen LogP contribution >= 0.6 is 0 Å². The largest absolute Gasteiger partial charge is 0.0754 e. The summed E-state index contributed by atoms with van der Waals surface area (Å²) in [5.74, 6) is 0. The highest BCUT2D eigenvalue weighted by atomic mass is 14.2. The molecule has 73 valence electrons. The summed E-state index contributed by atoms with van der Waals surface area (Å²) in [4.78, 5) is 0. The van der Waals surface area contributed by atoms with Gasteiger partial charge in [-0.25, -0.2) is 0 Å². The molecule has 0 bridgehead atoms. The summed E-state index contributed by atoms with van der Waals surface area (Å²) in [6.07, 6.45) is 10.2. The molecule has 0 amide bonds. The van der Waals surface area contributed by atoms with Crippen molar-refractivity contribution in [1.29, 1.82) is 0 Å². The standard InChI is InChI=1S/C14H17/c1-3-6-12-10-9-11(4-2)13-7-5-8-14(12)13/h5,7-10H,3-4,6H2,1-2H3. The van der Waals surface area contributed by atoms with Gasteiger partial charge < -0.3 is 0 Å². The van der Waals surface area contributed by atoms with E-state index in [9.17, 15) is 0 Å². The zero-order valence-corrected chi connectivity index (χ0v) is 9.01. The maximum atomic E-state index is 2.30. The first-order chi connectivity index (χ1) is 6.86. The third-order valence-electron chi connectivity index (χ3n) is 2.89. The van der Waals surface area contributed by atoms with Gasteiger partial charge in [0.05, 0.1) is 0 Å². The molecule has 0 aliphatic heterocycles. The van der Waals surface area contributed by atoms with E-state index in [1.807, 2.05) is 0 Å². The summed E-state index contributed by atoms with van der Waals surface area (Å²) in [6.45, 7) is 4.46. The fourth-order valence-electron chi connectivity index (χ4n) is 2.16. The van der Waals surface area contributed by atoms with Crippen LogP contribution in [0.15, 0.2) is 18.2 Å². The fourth-order valence-corrected chi connectivity index (χ4v) is 2.16. The van der Waals surface area contributed by atoms with Crippen LogP contribution in [0.3, 0.4) is 0 Å². The first-order valence-electron chi connectivity index (χ1n) is 5.53. The Balaban J connectivity index is 2.45. The summed E-state index contributed by atoms with van der Waals surface area (Å²) in [6, 6.07) is 4.58. The first kappa shape index (κ1) is 9.51. The van der Waals surface area contributed by atoms with Crippen LogP contribution in [0.5, 0.6) is 0 Å². The molecule has 1 aromatic carbocycles. The molecule has 0 nitrogen and oxygen atoms in total. The normalized spacial score (nSPS) is 13.3. The summed E-state index contributed by atoms with van der Waals surface area (Å²) < 4.78 is 0. The van der Waals surface area contributed by atoms with E-state index in [0.717, 1.165) is 6.42 Å². The molecular weight excluding hydrogens is 168 g/mol. The lowest BCUT2D eigenvalue weighted by Gasteiger charge is -2.10. The van der Waals surface area contributed by atoms with Crippen molar-refractivity contribution in [3.05, 3.63) is 46.9 Å². The minimum atomic E-state index is 1.13. The number of allylic oxidation sites excluding steroid dienone is 1. The van der Waals surface area contributed by atoms with E-state index in [0.29, 0.717) is 0 Å². The number of hydrogen-bond acceptors (Lipinski definition) is 0. The fraction of sp³-hybridized carbons (Fsp3) is 0.357. The highest BCUT2D eigenvalue weighted by Gasteiger charge is 2.12. The van der Waals surface area contributed by atoms with Gasteiger partial charge >= 0.3 is 0 Å². The lowest BCUT2D eigenvalue weighted by Crippen LogP contribution is -1.96. The van der Waals surface area contributed by atoms with Crippen molar-refractivity contribution in [1.82, 2.24) is 0 Å². The maximum Gasteiger partial charge on any atom is 0.0134 e. The maximum absolute atomic E-state index is 2.30. The molecule has 1 aromatic rings. The van der Waals surface area contributed by atoms with Gasteiger partial charge in [0.1, 0.15) is 0 Å². The second-order valence-corrected chi connectivity index (χ2v) is 3.84. The van der Waals surface area contributed by atoms with E-state index < -0.39 is 0 Å². The average Bonchev–Trinajstić information content (AvgIpc) is 2.67. The predicted octanol–water partition coefficient (Wildman–Crippen LogP) is 3.78. The second kappa shape index (κ2) is 4.00. The third-order valence-corrected chi connectivity index (χ3v) is 2.89. The summed E-state index contributed by atoms with van der Waals surface area (Å²) in [7, 11) is 0. The van der Waals surface area contributed by atoms with Crippen molar-refractivity contribution < 1.29 is 0 Å². The molecule has 1 radical (unpaired) electrons. The smallest absolute Gasteiger partial charge is 0.0134 e. The Hall–Kier alpha value is -1.04. The van der Waals surface area contributed by atoms with Crippen LogP contribution in [-0.2, 0) is 12.8 Å². The Bertz CT molecular complexity index is 359. The molecule has 0 spiro atoms. The number of hydrogen-bond donors (Lipinski definition) is 0. The quantitative estimate of drug-likeness (QED) is 0.672. The topological polar surface area (TPSA) is 0 Å². The third kappa shape index (κ3) is 1.50. The molecule has 0 atom stereocenters. The molecule has 0 heterocycles. The van der Waals surface area contributed by atoms with Crippen LogP contribution in [0.25, 0.3) is 6.08 Å². The molecular formula is C14H17. The highest BCUT2D eigenvalue weighted by molar-refractivity contribution is 5.69. The lowest BCUT2D eigenvalue weighted by atomic mass is 9.94. The number of rotatable bonds is 3. The molecule has 0 saturated carbocycles. The molecule has 0 heteroatoms. The predicted molar refractivity (Wildman–Crippen MR) is 62.3 cm³/mol. The van der Waals surface area contributed by atoms with Crippen molar-refractivity contribution >= 4 is 6.08 Å².